The molecule has 1 fully saturated rings. The van der Waals surface area contributed by atoms with Crippen LogP contribution >= 0.6 is 0 Å². The molecule has 3 atom stereocenters. The van der Waals surface area contributed by atoms with E-state index in [0.29, 0.717) is 23.8 Å². The number of fused-ring (bicyclic) bond motifs is 1. The molecule has 1 saturated heterocycles. The topological polar surface area (TPSA) is 94.5 Å². The SMILES string of the molecule is COc1ccc(C2C(C(=O)O)C(c3ccc4c(c3)OCO4)CN2CC(=O)OC(C)(C)C)cc1. The third-order valence-electron chi connectivity index (χ3n) is 5.92. The Kier molecular flexibility index (Phi) is 6.21. The number of rotatable bonds is 6. The van der Waals surface area contributed by atoms with E-state index >= 15 is 0 Å². The van der Waals surface area contributed by atoms with E-state index in [-0.39, 0.29) is 19.3 Å². The molecule has 2 aromatic rings. The van der Waals surface area contributed by atoms with Crippen LogP contribution in [0.2, 0.25) is 0 Å². The molecule has 8 heteroatoms. The Bertz CT molecular complexity index is 1030. The van der Waals surface area contributed by atoms with Crippen molar-refractivity contribution in [2.75, 3.05) is 27.0 Å². The highest BCUT2D eigenvalue weighted by atomic mass is 16.7. The number of ether oxygens (including phenoxy) is 4. The van der Waals surface area contributed by atoms with Crippen LogP contribution in [-0.4, -0.2) is 54.5 Å². The molecule has 2 heterocycles. The summed E-state index contributed by atoms with van der Waals surface area (Å²) in [5.74, 6) is -0.534. The quantitative estimate of drug-likeness (QED) is 0.661. The van der Waals surface area contributed by atoms with Gasteiger partial charge >= 0.3 is 11.9 Å². The first kappa shape index (κ1) is 22.9. The Balaban J connectivity index is 1.71. The fourth-order valence-corrected chi connectivity index (χ4v) is 4.61. The van der Waals surface area contributed by atoms with Gasteiger partial charge in [-0.25, -0.2) is 0 Å². The summed E-state index contributed by atoms with van der Waals surface area (Å²) in [6, 6.07) is 12.3. The van der Waals surface area contributed by atoms with Gasteiger partial charge in [0.1, 0.15) is 11.4 Å². The van der Waals surface area contributed by atoms with Gasteiger partial charge < -0.3 is 24.1 Å². The van der Waals surface area contributed by atoms with Crippen molar-refractivity contribution in [1.29, 1.82) is 0 Å². The molecule has 4 rings (SSSR count). The summed E-state index contributed by atoms with van der Waals surface area (Å²) in [7, 11) is 1.58. The van der Waals surface area contributed by atoms with Crippen LogP contribution in [-0.2, 0) is 14.3 Å². The highest BCUT2D eigenvalue weighted by Crippen LogP contribution is 2.47. The highest BCUT2D eigenvalue weighted by Gasteiger charge is 2.48. The van der Waals surface area contributed by atoms with E-state index in [0.717, 1.165) is 11.1 Å². The molecule has 0 aromatic heterocycles. The maximum absolute atomic E-state index is 12.7. The molecule has 8 nitrogen and oxygen atoms in total. The molecule has 33 heavy (non-hydrogen) atoms. The van der Waals surface area contributed by atoms with Crippen LogP contribution in [0.15, 0.2) is 42.5 Å². The summed E-state index contributed by atoms with van der Waals surface area (Å²) in [4.78, 5) is 27.2. The van der Waals surface area contributed by atoms with Crippen molar-refractivity contribution in [3.8, 4) is 17.2 Å². The molecule has 0 bridgehead atoms. The highest BCUT2D eigenvalue weighted by molar-refractivity contribution is 5.75. The second-order valence-corrected chi connectivity index (χ2v) is 9.32. The second kappa shape index (κ2) is 8.94. The number of nitrogens with zero attached hydrogens (tertiary/aromatic N) is 1. The smallest absolute Gasteiger partial charge is 0.320 e. The minimum absolute atomic E-state index is 0.0151. The first-order chi connectivity index (χ1) is 15.7. The Morgan fingerprint density at radius 3 is 2.36 bits per heavy atom. The van der Waals surface area contributed by atoms with E-state index < -0.39 is 29.5 Å². The van der Waals surface area contributed by atoms with E-state index in [1.54, 1.807) is 25.3 Å². The monoisotopic (exact) mass is 455 g/mol. The molecule has 0 amide bonds. The van der Waals surface area contributed by atoms with Gasteiger partial charge in [-0.05, 0) is 56.2 Å². The van der Waals surface area contributed by atoms with E-state index in [1.165, 1.54) is 0 Å². The van der Waals surface area contributed by atoms with Crippen molar-refractivity contribution in [1.82, 2.24) is 4.90 Å². The number of carbonyl (C=O) groups is 2. The number of hydrogen-bond acceptors (Lipinski definition) is 7. The molecule has 1 N–H and O–H groups in total. The van der Waals surface area contributed by atoms with E-state index in [9.17, 15) is 14.7 Å². The number of hydrogen-bond donors (Lipinski definition) is 1. The first-order valence-electron chi connectivity index (χ1n) is 10.9. The zero-order chi connectivity index (χ0) is 23.8. The second-order valence-electron chi connectivity index (χ2n) is 9.32. The maximum Gasteiger partial charge on any atom is 0.320 e. The molecule has 176 valence electrons. The number of aliphatic carboxylic acids is 1. The van der Waals surface area contributed by atoms with Gasteiger partial charge in [0.15, 0.2) is 11.5 Å². The molecule has 0 aliphatic carbocycles. The summed E-state index contributed by atoms with van der Waals surface area (Å²) in [6.45, 7) is 5.94. The van der Waals surface area contributed by atoms with E-state index in [1.807, 2.05) is 49.9 Å². The number of carboxylic acids is 1. The molecular weight excluding hydrogens is 426 g/mol. The average molecular weight is 456 g/mol. The van der Waals surface area contributed by atoms with Gasteiger partial charge in [-0.15, -0.1) is 0 Å². The lowest BCUT2D eigenvalue weighted by Crippen LogP contribution is -2.36. The lowest BCUT2D eigenvalue weighted by Gasteiger charge is -2.28. The Hall–Kier alpha value is -3.26. The van der Waals surface area contributed by atoms with Gasteiger partial charge in [0.25, 0.3) is 0 Å². The summed E-state index contributed by atoms with van der Waals surface area (Å²) in [5.41, 5.74) is 1.00. The molecule has 0 spiro atoms. The fourth-order valence-electron chi connectivity index (χ4n) is 4.61. The molecule has 3 unspecified atom stereocenters. The maximum atomic E-state index is 12.7. The normalized spacial score (nSPS) is 22.2. The summed E-state index contributed by atoms with van der Waals surface area (Å²) < 4.78 is 21.7. The van der Waals surface area contributed by atoms with Crippen LogP contribution in [0.25, 0.3) is 0 Å². The van der Waals surface area contributed by atoms with Crippen LogP contribution in [0.1, 0.15) is 43.9 Å². The lowest BCUT2D eigenvalue weighted by molar-refractivity contribution is -0.157. The minimum atomic E-state index is -0.926. The van der Waals surface area contributed by atoms with Gasteiger partial charge in [-0.2, -0.15) is 0 Å². The molecular formula is C25H29NO7. The number of likely N-dealkylation sites (tertiary alicyclic amines) is 1. The van der Waals surface area contributed by atoms with Crippen LogP contribution in [0, 0.1) is 5.92 Å². The van der Waals surface area contributed by atoms with Crippen molar-refractivity contribution < 1.29 is 33.6 Å². The molecule has 2 aromatic carbocycles. The number of methoxy groups -OCH3 is 1. The third kappa shape index (κ3) is 4.90. The predicted octanol–water partition coefficient (Wildman–Crippen LogP) is 3.61. The minimum Gasteiger partial charge on any atom is -0.497 e. The fraction of sp³-hybridized carbons (Fsp3) is 0.440. The molecule has 2 aliphatic rings. The van der Waals surface area contributed by atoms with Crippen LogP contribution < -0.4 is 14.2 Å². The lowest BCUT2D eigenvalue weighted by atomic mass is 9.82. The summed E-state index contributed by atoms with van der Waals surface area (Å²) in [5, 5.41) is 10.3. The van der Waals surface area contributed by atoms with Gasteiger partial charge in [0.05, 0.1) is 19.6 Å². The Labute approximate surface area is 193 Å². The zero-order valence-corrected chi connectivity index (χ0v) is 19.2. The molecule has 0 radical (unpaired) electrons. The van der Waals surface area contributed by atoms with Crippen molar-refractivity contribution >= 4 is 11.9 Å². The van der Waals surface area contributed by atoms with Gasteiger partial charge in [0, 0.05) is 18.5 Å². The Morgan fingerprint density at radius 2 is 1.73 bits per heavy atom. The van der Waals surface area contributed by atoms with Gasteiger partial charge in [0.2, 0.25) is 6.79 Å². The van der Waals surface area contributed by atoms with E-state index in [4.69, 9.17) is 18.9 Å². The van der Waals surface area contributed by atoms with Crippen LogP contribution in [0.3, 0.4) is 0 Å². The largest absolute Gasteiger partial charge is 0.497 e. The van der Waals surface area contributed by atoms with Crippen molar-refractivity contribution in [3.63, 3.8) is 0 Å². The van der Waals surface area contributed by atoms with Gasteiger partial charge in [-0.3, -0.25) is 14.5 Å². The molecule has 0 saturated carbocycles. The third-order valence-corrected chi connectivity index (χ3v) is 5.92. The Morgan fingerprint density at radius 1 is 1.06 bits per heavy atom. The van der Waals surface area contributed by atoms with Crippen molar-refractivity contribution in [2.45, 2.75) is 38.3 Å². The van der Waals surface area contributed by atoms with Crippen molar-refractivity contribution in [3.05, 3.63) is 53.6 Å². The average Bonchev–Trinajstić information content (AvgIpc) is 3.36. The number of carbonyl (C=O) groups excluding carboxylic acids is 1. The van der Waals surface area contributed by atoms with Gasteiger partial charge in [-0.1, -0.05) is 18.2 Å². The van der Waals surface area contributed by atoms with Crippen molar-refractivity contribution in [2.24, 2.45) is 5.92 Å². The first-order valence-corrected chi connectivity index (χ1v) is 10.9. The van der Waals surface area contributed by atoms with Crippen LogP contribution in [0.5, 0.6) is 17.2 Å². The number of benzene rings is 2. The predicted molar refractivity (Wildman–Crippen MR) is 120 cm³/mol. The summed E-state index contributed by atoms with van der Waals surface area (Å²) in [6.07, 6.45) is 0. The molecule has 2 aliphatic heterocycles. The standard InChI is InChI=1S/C25H29NO7/c1-25(2,3)33-21(27)13-26-12-18(16-7-10-19-20(11-16)32-14-31-19)22(24(28)29)23(26)15-5-8-17(30-4)9-6-15/h5-11,18,22-23H,12-14H2,1-4H3,(H,28,29). The number of carboxylic acid groups (broad SMARTS) is 1. The summed E-state index contributed by atoms with van der Waals surface area (Å²) >= 11 is 0. The van der Waals surface area contributed by atoms with E-state index in [2.05, 4.69) is 0 Å². The number of esters is 1. The zero-order valence-electron chi connectivity index (χ0n) is 19.2. The van der Waals surface area contributed by atoms with Crippen LogP contribution in [0.4, 0.5) is 0 Å².